The van der Waals surface area contributed by atoms with Gasteiger partial charge in [-0.1, -0.05) is 13.8 Å². The predicted molar refractivity (Wildman–Crippen MR) is 59.4 cm³/mol. The molecule has 0 aromatic carbocycles. The van der Waals surface area contributed by atoms with E-state index >= 15 is 0 Å². The highest BCUT2D eigenvalue weighted by Crippen LogP contribution is 2.14. The Hall–Kier alpha value is -0.120. The minimum Gasteiger partial charge on any atom is -0.395 e. The maximum atomic E-state index is 9.23. The zero-order chi connectivity index (χ0) is 10.7. The summed E-state index contributed by atoms with van der Waals surface area (Å²) < 4.78 is 0. The number of aliphatic hydroxyl groups excluding tert-OH is 1. The summed E-state index contributed by atoms with van der Waals surface area (Å²) in [5.41, 5.74) is 0. The van der Waals surface area contributed by atoms with Crippen LogP contribution in [0.15, 0.2) is 0 Å². The average molecular weight is 200 g/mol. The molecule has 0 spiro atoms. The lowest BCUT2D eigenvalue weighted by Gasteiger charge is -2.43. The van der Waals surface area contributed by atoms with E-state index in [0.29, 0.717) is 18.0 Å². The molecule has 14 heavy (non-hydrogen) atoms. The Morgan fingerprint density at radius 2 is 2.00 bits per heavy atom. The third-order valence-electron chi connectivity index (χ3n) is 3.05. The standard InChI is InChI=1S/C11H24N2O/c1-9(2)5-13-7-11(8-14)12(4)6-10(13)3/h9-11,14H,5-8H2,1-4H3. The molecule has 0 aromatic rings. The molecular formula is C11H24N2O. The molecule has 0 saturated carbocycles. The first-order valence-corrected chi connectivity index (χ1v) is 5.59. The zero-order valence-electron chi connectivity index (χ0n) is 9.90. The molecule has 3 heteroatoms. The normalized spacial score (nSPS) is 31.3. The highest BCUT2D eigenvalue weighted by atomic mass is 16.3. The van der Waals surface area contributed by atoms with Crippen molar-refractivity contribution in [2.24, 2.45) is 5.92 Å². The van der Waals surface area contributed by atoms with Crippen LogP contribution in [0.4, 0.5) is 0 Å². The van der Waals surface area contributed by atoms with Crippen molar-refractivity contribution in [1.82, 2.24) is 9.80 Å². The SMILES string of the molecule is CC(C)CN1CC(CO)N(C)CC1C. The molecule has 0 aliphatic carbocycles. The van der Waals surface area contributed by atoms with E-state index in [2.05, 4.69) is 37.6 Å². The Kier molecular flexibility index (Phi) is 4.35. The summed E-state index contributed by atoms with van der Waals surface area (Å²) in [6.07, 6.45) is 0. The van der Waals surface area contributed by atoms with Gasteiger partial charge in [-0.2, -0.15) is 0 Å². The Balaban J connectivity index is 2.50. The van der Waals surface area contributed by atoms with Gasteiger partial charge >= 0.3 is 0 Å². The lowest BCUT2D eigenvalue weighted by molar-refractivity contribution is 0.0194. The quantitative estimate of drug-likeness (QED) is 0.724. The maximum absolute atomic E-state index is 9.23. The molecule has 2 unspecified atom stereocenters. The number of rotatable bonds is 3. The van der Waals surface area contributed by atoms with Gasteiger partial charge in [0.25, 0.3) is 0 Å². The third kappa shape index (κ3) is 2.94. The van der Waals surface area contributed by atoms with Gasteiger partial charge in [0.1, 0.15) is 0 Å². The van der Waals surface area contributed by atoms with Crippen LogP contribution in [0.1, 0.15) is 20.8 Å². The van der Waals surface area contributed by atoms with E-state index in [1.165, 1.54) is 0 Å². The summed E-state index contributed by atoms with van der Waals surface area (Å²) in [6.45, 7) is 10.3. The van der Waals surface area contributed by atoms with Crippen LogP contribution in [0.3, 0.4) is 0 Å². The van der Waals surface area contributed by atoms with Crippen LogP contribution in [0.25, 0.3) is 0 Å². The average Bonchev–Trinajstić information content (AvgIpc) is 2.09. The molecule has 1 N–H and O–H groups in total. The topological polar surface area (TPSA) is 26.7 Å². The van der Waals surface area contributed by atoms with E-state index in [1.807, 2.05) is 0 Å². The van der Waals surface area contributed by atoms with E-state index in [9.17, 15) is 5.11 Å². The number of piperazine rings is 1. The molecule has 1 rings (SSSR count). The van der Waals surface area contributed by atoms with Crippen LogP contribution in [-0.2, 0) is 0 Å². The summed E-state index contributed by atoms with van der Waals surface area (Å²) in [5.74, 6) is 0.709. The van der Waals surface area contributed by atoms with Gasteiger partial charge < -0.3 is 5.11 Å². The lowest BCUT2D eigenvalue weighted by atomic mass is 10.1. The number of likely N-dealkylation sites (N-methyl/N-ethyl adjacent to an activating group) is 1. The van der Waals surface area contributed by atoms with Crippen LogP contribution < -0.4 is 0 Å². The van der Waals surface area contributed by atoms with Crippen molar-refractivity contribution in [3.63, 3.8) is 0 Å². The van der Waals surface area contributed by atoms with Gasteiger partial charge in [0.15, 0.2) is 0 Å². The van der Waals surface area contributed by atoms with Crippen LogP contribution in [-0.4, -0.2) is 60.3 Å². The monoisotopic (exact) mass is 200 g/mol. The highest BCUT2D eigenvalue weighted by Gasteiger charge is 2.28. The van der Waals surface area contributed by atoms with Crippen molar-refractivity contribution in [1.29, 1.82) is 0 Å². The van der Waals surface area contributed by atoms with Crippen molar-refractivity contribution < 1.29 is 5.11 Å². The zero-order valence-corrected chi connectivity index (χ0v) is 9.90. The fourth-order valence-electron chi connectivity index (χ4n) is 2.19. The molecule has 1 heterocycles. The van der Waals surface area contributed by atoms with Gasteiger partial charge in [0.05, 0.1) is 6.61 Å². The second kappa shape index (κ2) is 5.10. The molecule has 2 atom stereocenters. The molecule has 0 bridgehead atoms. The first kappa shape index (κ1) is 12.0. The number of hydrogen-bond acceptors (Lipinski definition) is 3. The third-order valence-corrected chi connectivity index (χ3v) is 3.05. The number of nitrogens with zero attached hydrogens (tertiary/aromatic N) is 2. The first-order chi connectivity index (χ1) is 6.54. The van der Waals surface area contributed by atoms with Crippen LogP contribution >= 0.6 is 0 Å². The van der Waals surface area contributed by atoms with Gasteiger partial charge in [-0.3, -0.25) is 9.80 Å². The van der Waals surface area contributed by atoms with Crippen LogP contribution in [0, 0.1) is 5.92 Å². The van der Waals surface area contributed by atoms with Crippen molar-refractivity contribution in [2.75, 3.05) is 33.3 Å². The fraction of sp³-hybridized carbons (Fsp3) is 1.00. The molecule has 3 nitrogen and oxygen atoms in total. The van der Waals surface area contributed by atoms with E-state index in [1.54, 1.807) is 0 Å². The Labute approximate surface area is 87.7 Å². The molecule has 0 radical (unpaired) electrons. The number of hydrogen-bond donors (Lipinski definition) is 1. The van der Waals surface area contributed by atoms with Gasteiger partial charge in [-0.25, -0.2) is 0 Å². The smallest absolute Gasteiger partial charge is 0.0599 e. The molecule has 84 valence electrons. The minimum atomic E-state index is 0.276. The number of aliphatic hydroxyl groups is 1. The van der Waals surface area contributed by atoms with E-state index in [-0.39, 0.29) is 6.61 Å². The van der Waals surface area contributed by atoms with Crippen molar-refractivity contribution in [3.05, 3.63) is 0 Å². The molecule has 1 aliphatic heterocycles. The molecule has 1 fully saturated rings. The minimum absolute atomic E-state index is 0.276. The van der Waals surface area contributed by atoms with E-state index in [0.717, 1.165) is 19.6 Å². The van der Waals surface area contributed by atoms with Crippen LogP contribution in [0.5, 0.6) is 0 Å². The summed E-state index contributed by atoms with van der Waals surface area (Å²) in [7, 11) is 2.10. The van der Waals surface area contributed by atoms with Gasteiger partial charge in [-0.15, -0.1) is 0 Å². The van der Waals surface area contributed by atoms with Gasteiger partial charge in [0, 0.05) is 31.7 Å². The highest BCUT2D eigenvalue weighted by molar-refractivity contribution is 4.84. The van der Waals surface area contributed by atoms with Crippen molar-refractivity contribution >= 4 is 0 Å². The Morgan fingerprint density at radius 3 is 2.50 bits per heavy atom. The summed E-state index contributed by atoms with van der Waals surface area (Å²) >= 11 is 0. The molecule has 0 aromatic heterocycles. The largest absolute Gasteiger partial charge is 0.395 e. The van der Waals surface area contributed by atoms with E-state index < -0.39 is 0 Å². The van der Waals surface area contributed by atoms with Crippen molar-refractivity contribution in [3.8, 4) is 0 Å². The fourth-order valence-corrected chi connectivity index (χ4v) is 2.19. The second-order valence-electron chi connectivity index (χ2n) is 4.97. The summed E-state index contributed by atoms with van der Waals surface area (Å²) in [6, 6.07) is 0.940. The molecule has 1 aliphatic rings. The van der Waals surface area contributed by atoms with E-state index in [4.69, 9.17) is 0 Å². The maximum Gasteiger partial charge on any atom is 0.0599 e. The molecule has 0 amide bonds. The van der Waals surface area contributed by atoms with Crippen LogP contribution in [0.2, 0.25) is 0 Å². The van der Waals surface area contributed by atoms with Crippen molar-refractivity contribution in [2.45, 2.75) is 32.9 Å². The van der Waals surface area contributed by atoms with Gasteiger partial charge in [-0.05, 0) is 19.9 Å². The van der Waals surface area contributed by atoms with Gasteiger partial charge in [0.2, 0.25) is 0 Å². The Bertz CT molecular complexity index is 173. The predicted octanol–water partition coefficient (Wildman–Crippen LogP) is 0.639. The Morgan fingerprint density at radius 1 is 1.36 bits per heavy atom. The summed E-state index contributed by atoms with van der Waals surface area (Å²) in [5, 5.41) is 9.23. The molecule has 1 saturated heterocycles. The first-order valence-electron chi connectivity index (χ1n) is 5.59. The lowest BCUT2D eigenvalue weighted by Crippen LogP contribution is -2.57. The second-order valence-corrected chi connectivity index (χ2v) is 4.97. The molecular weight excluding hydrogens is 176 g/mol. The summed E-state index contributed by atoms with van der Waals surface area (Å²) in [4.78, 5) is 4.76.